The van der Waals surface area contributed by atoms with Crippen LogP contribution in [0.4, 0.5) is 0 Å². The average Bonchev–Trinajstić information content (AvgIpc) is 2.50. The number of hydrogen-bond acceptors (Lipinski definition) is 3. The maximum atomic E-state index is 11.9. The second-order valence-corrected chi connectivity index (χ2v) is 5.51. The van der Waals surface area contributed by atoms with E-state index in [1.54, 1.807) is 13.8 Å². The van der Waals surface area contributed by atoms with Crippen molar-refractivity contribution in [1.82, 2.24) is 0 Å². The van der Waals surface area contributed by atoms with Crippen molar-refractivity contribution in [3.63, 3.8) is 0 Å². The summed E-state index contributed by atoms with van der Waals surface area (Å²) < 4.78 is 6.64. The monoisotopic (exact) mass is 339 g/mol. The lowest BCUT2D eigenvalue weighted by atomic mass is 9.99. The minimum atomic E-state index is -0.943. The molecule has 0 bridgehead atoms. The Morgan fingerprint density at radius 1 is 1.41 bits per heavy atom. The lowest BCUT2D eigenvalue weighted by Gasteiger charge is -2.17. The summed E-state index contributed by atoms with van der Waals surface area (Å²) in [7, 11) is 0. The van der Waals surface area contributed by atoms with Gasteiger partial charge in [0.25, 0.3) is 0 Å². The van der Waals surface area contributed by atoms with E-state index in [1.165, 1.54) is 0 Å². The maximum absolute atomic E-state index is 11.9. The molecule has 86 valence electrons. The first-order chi connectivity index (χ1) is 7.95. The number of rotatable bonds is 1. The Morgan fingerprint density at radius 3 is 2.71 bits per heavy atom. The van der Waals surface area contributed by atoms with E-state index in [1.807, 2.05) is 30.3 Å². The van der Waals surface area contributed by atoms with Crippen molar-refractivity contribution in [3.05, 3.63) is 39.0 Å². The maximum Gasteiger partial charge on any atom is 0.220 e. The van der Waals surface area contributed by atoms with Crippen LogP contribution in [0.2, 0.25) is 0 Å². The summed E-state index contributed by atoms with van der Waals surface area (Å²) in [6.07, 6.45) is 0. The van der Waals surface area contributed by atoms with Gasteiger partial charge in [0.1, 0.15) is 17.4 Å². The molecule has 1 aromatic rings. The number of carbonyl (C=O) groups excluding carboxylic acids is 1. The minimum absolute atomic E-state index is 0.108. The molecule has 0 fully saturated rings. The van der Waals surface area contributed by atoms with Gasteiger partial charge in [-0.2, -0.15) is 5.26 Å². The van der Waals surface area contributed by atoms with E-state index < -0.39 is 5.60 Å². The molecule has 0 unspecified atom stereocenters. The zero-order valence-electron chi connectivity index (χ0n) is 9.45. The van der Waals surface area contributed by atoms with Crippen LogP contribution in [0.5, 0.6) is 0 Å². The average molecular weight is 339 g/mol. The molecule has 17 heavy (non-hydrogen) atoms. The van der Waals surface area contributed by atoms with E-state index in [9.17, 15) is 4.79 Å². The third-order valence-electron chi connectivity index (χ3n) is 2.56. The number of nitriles is 1. The minimum Gasteiger partial charge on any atom is -0.478 e. The van der Waals surface area contributed by atoms with Crippen molar-refractivity contribution in [2.75, 3.05) is 0 Å². The van der Waals surface area contributed by atoms with Gasteiger partial charge in [0, 0.05) is 9.13 Å². The molecule has 0 amide bonds. The predicted octanol–water partition coefficient (Wildman–Crippen LogP) is 2.90. The third-order valence-corrected chi connectivity index (χ3v) is 3.23. The van der Waals surface area contributed by atoms with Crippen molar-refractivity contribution in [2.24, 2.45) is 0 Å². The molecule has 0 saturated carbocycles. The smallest absolute Gasteiger partial charge is 0.220 e. The Kier molecular flexibility index (Phi) is 2.96. The molecule has 0 aromatic heterocycles. The number of carbonyl (C=O) groups is 1. The molecule has 1 aliphatic heterocycles. The molecule has 1 heterocycles. The van der Waals surface area contributed by atoms with Gasteiger partial charge in [-0.3, -0.25) is 4.79 Å². The van der Waals surface area contributed by atoms with Crippen molar-refractivity contribution in [1.29, 1.82) is 5.26 Å². The van der Waals surface area contributed by atoms with Crippen LogP contribution in [-0.4, -0.2) is 11.4 Å². The van der Waals surface area contributed by atoms with E-state index in [4.69, 9.17) is 10.00 Å². The van der Waals surface area contributed by atoms with Crippen LogP contribution in [-0.2, 0) is 9.53 Å². The number of halogens is 1. The SMILES string of the molecule is CC1(C)OC(c2cccc(I)c2)=C(C#N)C1=O. The molecular weight excluding hydrogens is 329 g/mol. The Balaban J connectivity index is 2.56. The van der Waals surface area contributed by atoms with Gasteiger partial charge in [-0.25, -0.2) is 0 Å². The molecule has 3 nitrogen and oxygen atoms in total. The van der Waals surface area contributed by atoms with Crippen molar-refractivity contribution < 1.29 is 9.53 Å². The molecule has 0 aliphatic carbocycles. The first kappa shape index (κ1) is 12.1. The van der Waals surface area contributed by atoms with E-state index in [0.717, 1.165) is 9.13 Å². The molecule has 0 N–H and O–H groups in total. The standard InChI is InChI=1S/C13H10INO2/c1-13(2)12(16)10(7-15)11(17-13)8-4-3-5-9(14)6-8/h3-6H,1-2H3. The number of benzene rings is 1. The highest BCUT2D eigenvalue weighted by atomic mass is 127. The summed E-state index contributed by atoms with van der Waals surface area (Å²) in [5.74, 6) is 0.134. The quantitative estimate of drug-likeness (QED) is 0.740. The Bertz CT molecular complexity index is 567. The highest BCUT2D eigenvalue weighted by Crippen LogP contribution is 2.36. The molecule has 0 saturated heterocycles. The topological polar surface area (TPSA) is 50.1 Å². The Hall–Kier alpha value is -1.35. The summed E-state index contributed by atoms with van der Waals surface area (Å²) >= 11 is 2.18. The fourth-order valence-electron chi connectivity index (χ4n) is 1.69. The molecular formula is C13H10INO2. The zero-order valence-corrected chi connectivity index (χ0v) is 11.6. The lowest BCUT2D eigenvalue weighted by Crippen LogP contribution is -2.29. The molecule has 2 rings (SSSR count). The Labute approximate surface area is 113 Å². The van der Waals surface area contributed by atoms with Crippen LogP contribution >= 0.6 is 22.6 Å². The van der Waals surface area contributed by atoms with Gasteiger partial charge in [0.2, 0.25) is 5.78 Å². The van der Waals surface area contributed by atoms with E-state index in [0.29, 0.717) is 5.76 Å². The fourth-order valence-corrected chi connectivity index (χ4v) is 2.23. The van der Waals surface area contributed by atoms with E-state index >= 15 is 0 Å². The highest BCUT2D eigenvalue weighted by Gasteiger charge is 2.42. The summed E-state index contributed by atoms with van der Waals surface area (Å²) in [5, 5.41) is 9.06. The van der Waals surface area contributed by atoms with Gasteiger partial charge in [0.05, 0.1) is 0 Å². The van der Waals surface area contributed by atoms with E-state index in [2.05, 4.69) is 22.6 Å². The number of ketones is 1. The molecule has 0 radical (unpaired) electrons. The van der Waals surface area contributed by atoms with Gasteiger partial charge in [-0.05, 0) is 48.6 Å². The number of ether oxygens (including phenoxy) is 1. The largest absolute Gasteiger partial charge is 0.478 e. The second-order valence-electron chi connectivity index (χ2n) is 4.27. The third kappa shape index (κ3) is 2.07. The molecule has 1 aliphatic rings. The highest BCUT2D eigenvalue weighted by molar-refractivity contribution is 14.1. The summed E-state index contributed by atoms with van der Waals surface area (Å²) in [6, 6.07) is 9.48. The van der Waals surface area contributed by atoms with Crippen LogP contribution in [0.3, 0.4) is 0 Å². The van der Waals surface area contributed by atoms with Crippen molar-refractivity contribution >= 4 is 34.1 Å². The predicted molar refractivity (Wildman–Crippen MR) is 71.9 cm³/mol. The van der Waals surface area contributed by atoms with Crippen LogP contribution < -0.4 is 0 Å². The molecule has 0 spiro atoms. The van der Waals surface area contributed by atoms with Gasteiger partial charge < -0.3 is 4.74 Å². The number of hydrogen-bond donors (Lipinski definition) is 0. The van der Waals surface area contributed by atoms with Crippen molar-refractivity contribution in [3.8, 4) is 6.07 Å². The molecule has 4 heteroatoms. The molecule has 1 aromatic carbocycles. The van der Waals surface area contributed by atoms with Gasteiger partial charge >= 0.3 is 0 Å². The van der Waals surface area contributed by atoms with Crippen LogP contribution in [0, 0.1) is 14.9 Å². The normalized spacial score (nSPS) is 17.9. The van der Waals surface area contributed by atoms with Crippen molar-refractivity contribution in [2.45, 2.75) is 19.4 Å². The fraction of sp³-hybridized carbons (Fsp3) is 0.231. The van der Waals surface area contributed by atoms with Gasteiger partial charge in [-0.1, -0.05) is 12.1 Å². The van der Waals surface area contributed by atoms with Crippen LogP contribution in [0.1, 0.15) is 19.4 Å². The number of nitrogens with zero attached hydrogens (tertiary/aromatic N) is 1. The summed E-state index contributed by atoms with van der Waals surface area (Å²) in [5.41, 5.74) is -0.0637. The lowest BCUT2D eigenvalue weighted by molar-refractivity contribution is -0.126. The first-order valence-corrected chi connectivity index (χ1v) is 6.18. The second kappa shape index (κ2) is 4.15. The zero-order chi connectivity index (χ0) is 12.6. The van der Waals surface area contributed by atoms with Crippen LogP contribution in [0.25, 0.3) is 5.76 Å². The van der Waals surface area contributed by atoms with Crippen LogP contribution in [0.15, 0.2) is 29.8 Å². The number of Topliss-reactive ketones (excluding diaryl/α,β-unsaturated/α-hetero) is 1. The van der Waals surface area contributed by atoms with Gasteiger partial charge in [-0.15, -0.1) is 0 Å². The summed E-state index contributed by atoms with van der Waals surface area (Å²) in [4.78, 5) is 11.9. The first-order valence-electron chi connectivity index (χ1n) is 5.10. The van der Waals surface area contributed by atoms with Gasteiger partial charge in [0.15, 0.2) is 5.60 Å². The molecule has 0 atom stereocenters. The van der Waals surface area contributed by atoms with E-state index in [-0.39, 0.29) is 11.4 Å². The summed E-state index contributed by atoms with van der Waals surface area (Å²) in [6.45, 7) is 3.35. The Morgan fingerprint density at radius 2 is 2.12 bits per heavy atom.